The number of ether oxygens (including phenoxy) is 2. The molecule has 0 fully saturated rings. The maximum Gasteiger partial charge on any atom is 0.304 e. The molecule has 0 saturated carbocycles. The molecule has 0 aliphatic rings. The van der Waals surface area contributed by atoms with Crippen LogP contribution in [0.25, 0.3) is 44.3 Å². The molecule has 0 N–H and O–H groups in total. The summed E-state index contributed by atoms with van der Waals surface area (Å²) in [6.45, 7) is 4.23. The van der Waals surface area contributed by atoms with Crippen LogP contribution in [-0.4, -0.2) is 65.1 Å². The Bertz CT molecular complexity index is 1970. The molecule has 0 radical (unpaired) electrons. The van der Waals surface area contributed by atoms with Gasteiger partial charge < -0.3 is 9.47 Å². The molecule has 12 nitrogen and oxygen atoms in total. The molecule has 12 heteroatoms. The average Bonchev–Trinajstić information content (AvgIpc) is 3.70. The summed E-state index contributed by atoms with van der Waals surface area (Å²) in [6.07, 6.45) is 16.9. The highest BCUT2D eigenvalue weighted by Gasteiger charge is 2.19. The Morgan fingerprint density at radius 1 is 0.583 bits per heavy atom. The highest BCUT2D eigenvalue weighted by Crippen LogP contribution is 2.29. The van der Waals surface area contributed by atoms with Crippen LogP contribution < -0.4 is 9.47 Å². The van der Waals surface area contributed by atoms with E-state index in [2.05, 4.69) is 43.8 Å². The fraction of sp³-hybridized carbons (Fsp3) is 0.333. The Morgan fingerprint density at radius 2 is 1.06 bits per heavy atom. The van der Waals surface area contributed by atoms with E-state index < -0.39 is 0 Å². The van der Waals surface area contributed by atoms with Gasteiger partial charge in [-0.15, -0.1) is 0 Å². The Balaban J connectivity index is 0.000000188. The standard InChI is InChI=1S/2C18H20N4O2/c1-3-4-5-6-17(23)22-16-8-7-13(14-10-19-12-20-11-14)9-15(16)21-18(22)24-2;1-3-4-5-6-17(23)22-16-9-13(14-10-19-12-20-11-14)7-8-15(16)21-18(22)24-2/h2*7-12H,3-6H2,1-2H3. The number of aromatic nitrogens is 8. The number of hydrogen-bond donors (Lipinski definition) is 0. The van der Waals surface area contributed by atoms with Crippen molar-refractivity contribution in [2.24, 2.45) is 0 Å². The zero-order chi connectivity index (χ0) is 33.9. The second kappa shape index (κ2) is 16.3. The molecule has 248 valence electrons. The first-order chi connectivity index (χ1) is 23.5. The topological polar surface area (TPSA) is 140 Å². The van der Waals surface area contributed by atoms with Gasteiger partial charge in [0.25, 0.3) is 0 Å². The number of fused-ring (bicyclic) bond motifs is 2. The largest absolute Gasteiger partial charge is 0.468 e. The molecule has 0 bridgehead atoms. The predicted octanol–water partition coefficient (Wildman–Crippen LogP) is 7.44. The fourth-order valence-electron chi connectivity index (χ4n) is 5.40. The second-order valence-corrected chi connectivity index (χ2v) is 11.2. The van der Waals surface area contributed by atoms with Crippen molar-refractivity contribution in [3.8, 4) is 34.3 Å². The highest BCUT2D eigenvalue weighted by atomic mass is 16.5. The zero-order valence-electron chi connectivity index (χ0n) is 27.8. The van der Waals surface area contributed by atoms with Crippen molar-refractivity contribution >= 4 is 33.9 Å². The third kappa shape index (κ3) is 7.71. The lowest BCUT2D eigenvalue weighted by atomic mass is 10.1. The van der Waals surface area contributed by atoms with Gasteiger partial charge in [-0.3, -0.25) is 9.59 Å². The molecule has 2 aromatic carbocycles. The van der Waals surface area contributed by atoms with E-state index >= 15 is 0 Å². The van der Waals surface area contributed by atoms with Crippen LogP contribution in [-0.2, 0) is 0 Å². The number of rotatable bonds is 12. The molecule has 6 rings (SSSR count). The predicted molar refractivity (Wildman–Crippen MR) is 184 cm³/mol. The van der Waals surface area contributed by atoms with Gasteiger partial charge in [0, 0.05) is 48.8 Å². The van der Waals surface area contributed by atoms with Gasteiger partial charge in [-0.2, -0.15) is 9.97 Å². The van der Waals surface area contributed by atoms with Crippen molar-refractivity contribution in [2.45, 2.75) is 65.2 Å². The minimum Gasteiger partial charge on any atom is -0.468 e. The van der Waals surface area contributed by atoms with Crippen molar-refractivity contribution in [3.63, 3.8) is 0 Å². The van der Waals surface area contributed by atoms with Crippen LogP contribution in [0.4, 0.5) is 0 Å². The Kier molecular flexibility index (Phi) is 11.5. The Labute approximate surface area is 279 Å². The lowest BCUT2D eigenvalue weighted by Crippen LogP contribution is -2.11. The monoisotopic (exact) mass is 648 g/mol. The van der Waals surface area contributed by atoms with Gasteiger partial charge in [0.05, 0.1) is 36.3 Å². The first-order valence-electron chi connectivity index (χ1n) is 16.2. The minimum absolute atomic E-state index is 0.00395. The normalized spacial score (nSPS) is 10.9. The number of methoxy groups -OCH3 is 2. The summed E-state index contributed by atoms with van der Waals surface area (Å²) in [5, 5.41) is 0. The summed E-state index contributed by atoms with van der Waals surface area (Å²) < 4.78 is 13.8. The molecule has 0 spiro atoms. The van der Waals surface area contributed by atoms with Crippen molar-refractivity contribution in [3.05, 3.63) is 73.8 Å². The minimum atomic E-state index is 0.00395. The van der Waals surface area contributed by atoms with Crippen LogP contribution in [0.15, 0.2) is 73.8 Å². The third-order valence-electron chi connectivity index (χ3n) is 7.89. The molecule has 0 aliphatic heterocycles. The molecule has 6 aromatic rings. The van der Waals surface area contributed by atoms with Gasteiger partial charge >= 0.3 is 12.0 Å². The van der Waals surface area contributed by atoms with Crippen molar-refractivity contribution < 1.29 is 19.1 Å². The summed E-state index contributed by atoms with van der Waals surface area (Å²) in [6, 6.07) is 12.2. The number of carbonyl (C=O) groups excluding carboxylic acids is 2. The molecule has 0 unspecified atom stereocenters. The quantitative estimate of drug-likeness (QED) is 0.123. The lowest BCUT2D eigenvalue weighted by molar-refractivity contribution is 0.0884. The van der Waals surface area contributed by atoms with Gasteiger partial charge in [-0.1, -0.05) is 51.7 Å². The van der Waals surface area contributed by atoms with Crippen molar-refractivity contribution in [1.29, 1.82) is 0 Å². The van der Waals surface area contributed by atoms with E-state index in [0.29, 0.717) is 24.9 Å². The average molecular weight is 649 g/mol. The fourth-order valence-corrected chi connectivity index (χ4v) is 5.40. The van der Waals surface area contributed by atoms with E-state index in [1.54, 1.807) is 33.9 Å². The van der Waals surface area contributed by atoms with Gasteiger partial charge in [-0.05, 0) is 48.2 Å². The number of unbranched alkanes of at least 4 members (excludes halogenated alkanes) is 4. The zero-order valence-corrected chi connectivity index (χ0v) is 27.8. The Morgan fingerprint density at radius 3 is 1.58 bits per heavy atom. The number of carbonyl (C=O) groups is 2. The SMILES string of the molecule is CCCCCC(=O)n1c(OC)nc2cc(-c3cncnc3)ccc21.CCCCCC(=O)n1c(OC)nc2ccc(-c3cncnc3)cc21. The van der Waals surface area contributed by atoms with E-state index in [9.17, 15) is 9.59 Å². The van der Waals surface area contributed by atoms with Crippen molar-refractivity contribution in [1.82, 2.24) is 39.0 Å². The molecule has 0 aliphatic carbocycles. The molecule has 0 atom stereocenters. The van der Waals surface area contributed by atoms with Crippen LogP contribution >= 0.6 is 0 Å². The van der Waals surface area contributed by atoms with Crippen molar-refractivity contribution in [2.75, 3.05) is 14.2 Å². The third-order valence-corrected chi connectivity index (χ3v) is 7.89. The molecule has 48 heavy (non-hydrogen) atoms. The van der Waals surface area contributed by atoms with Crippen LogP contribution in [0.3, 0.4) is 0 Å². The van der Waals surface area contributed by atoms with E-state index in [4.69, 9.17) is 9.47 Å². The summed E-state index contributed by atoms with van der Waals surface area (Å²) in [7, 11) is 3.06. The van der Waals surface area contributed by atoms with Gasteiger partial charge in [0.2, 0.25) is 11.8 Å². The number of hydrogen-bond acceptors (Lipinski definition) is 10. The van der Waals surface area contributed by atoms with E-state index in [1.807, 2.05) is 36.4 Å². The lowest BCUT2D eigenvalue weighted by Gasteiger charge is -2.07. The summed E-state index contributed by atoms with van der Waals surface area (Å²) in [5.41, 5.74) is 6.64. The van der Waals surface area contributed by atoms with Crippen LogP contribution in [0.1, 0.15) is 74.8 Å². The highest BCUT2D eigenvalue weighted by molar-refractivity contribution is 5.95. The van der Waals surface area contributed by atoms with E-state index in [0.717, 1.165) is 82.8 Å². The summed E-state index contributed by atoms with van der Waals surface area (Å²) in [4.78, 5) is 50.2. The van der Waals surface area contributed by atoms with Gasteiger partial charge in [0.15, 0.2) is 0 Å². The maximum absolute atomic E-state index is 12.6. The van der Waals surface area contributed by atoms with Crippen LogP contribution in [0.5, 0.6) is 12.0 Å². The van der Waals surface area contributed by atoms with E-state index in [-0.39, 0.29) is 11.8 Å². The molecule has 0 saturated heterocycles. The maximum atomic E-state index is 12.6. The molecule has 4 aromatic heterocycles. The number of imidazole rings is 2. The second-order valence-electron chi connectivity index (χ2n) is 11.2. The molecular formula is C36H40N8O4. The van der Waals surface area contributed by atoms with Gasteiger partial charge in [-0.25, -0.2) is 29.1 Å². The van der Waals surface area contributed by atoms with Crippen LogP contribution in [0.2, 0.25) is 0 Å². The summed E-state index contributed by atoms with van der Waals surface area (Å²) >= 11 is 0. The smallest absolute Gasteiger partial charge is 0.304 e. The first-order valence-corrected chi connectivity index (χ1v) is 16.2. The first kappa shape index (κ1) is 33.8. The molecule has 0 amide bonds. The van der Waals surface area contributed by atoms with E-state index in [1.165, 1.54) is 26.9 Å². The van der Waals surface area contributed by atoms with Crippen LogP contribution in [0, 0.1) is 0 Å². The molecule has 4 heterocycles. The number of nitrogens with zero attached hydrogens (tertiary/aromatic N) is 8. The number of benzene rings is 2. The Hall–Kier alpha value is -5.52. The van der Waals surface area contributed by atoms with Gasteiger partial charge in [0.1, 0.15) is 12.7 Å². The summed E-state index contributed by atoms with van der Waals surface area (Å²) in [5.74, 6) is 0.0165. The molecular weight excluding hydrogens is 608 g/mol.